The molecule has 1 aromatic carbocycles. The average molecular weight is 424 g/mol. The highest BCUT2D eigenvalue weighted by Gasteiger charge is 2.45. The van der Waals surface area contributed by atoms with E-state index in [1.165, 1.54) is 4.80 Å². The first-order chi connectivity index (χ1) is 15.0. The molecule has 0 spiro atoms. The number of hydrogen-bond donors (Lipinski definition) is 1. The Bertz CT molecular complexity index is 1070. The second-order valence-corrected chi connectivity index (χ2v) is 8.39. The molecule has 0 radical (unpaired) electrons. The van der Waals surface area contributed by atoms with Gasteiger partial charge in [-0.3, -0.25) is 4.90 Å². The minimum absolute atomic E-state index is 0.0439. The number of aromatic nitrogens is 5. The summed E-state index contributed by atoms with van der Waals surface area (Å²) in [6.07, 6.45) is 3.76. The first-order valence-electron chi connectivity index (χ1n) is 10.6. The zero-order valence-corrected chi connectivity index (χ0v) is 17.5. The number of aromatic hydroxyl groups is 1. The van der Waals surface area contributed by atoms with E-state index in [1.807, 2.05) is 14.0 Å². The van der Waals surface area contributed by atoms with Crippen molar-refractivity contribution in [1.29, 1.82) is 0 Å². The molecular weight excluding hydrogens is 399 g/mol. The molecule has 162 valence electrons. The molecule has 2 saturated heterocycles. The predicted octanol–water partition coefficient (Wildman–Crippen LogP) is 3.08. The third-order valence-electron chi connectivity index (χ3n) is 6.37. The number of phenols is 1. The fourth-order valence-electron chi connectivity index (χ4n) is 4.67. The summed E-state index contributed by atoms with van der Waals surface area (Å²) >= 11 is 0. The van der Waals surface area contributed by atoms with Crippen LogP contribution in [0.15, 0.2) is 36.5 Å². The fourth-order valence-corrected chi connectivity index (χ4v) is 4.67. The number of rotatable bonds is 4. The Kier molecular flexibility index (Phi) is 5.05. The van der Waals surface area contributed by atoms with Crippen molar-refractivity contribution in [3.63, 3.8) is 0 Å². The summed E-state index contributed by atoms with van der Waals surface area (Å²) in [5.74, 6) is 0.341. The van der Waals surface area contributed by atoms with Gasteiger partial charge in [0.05, 0.1) is 23.3 Å². The zero-order chi connectivity index (χ0) is 21.5. The van der Waals surface area contributed by atoms with Gasteiger partial charge < -0.3 is 9.84 Å². The van der Waals surface area contributed by atoms with Crippen LogP contribution < -0.4 is 4.74 Å². The van der Waals surface area contributed by atoms with E-state index in [0.717, 1.165) is 25.0 Å². The molecule has 0 aliphatic carbocycles. The fraction of sp³-hybridized carbons (Fsp3) is 0.455. The summed E-state index contributed by atoms with van der Waals surface area (Å²) in [4.78, 5) is 3.61. The molecule has 31 heavy (non-hydrogen) atoms. The molecule has 2 unspecified atom stereocenters. The molecule has 1 N–H and O–H groups in total. The molecule has 4 atom stereocenters. The molecule has 3 aromatic rings. The largest absolute Gasteiger partial charge is 0.507 e. The molecule has 0 amide bonds. The van der Waals surface area contributed by atoms with Crippen LogP contribution in [0.3, 0.4) is 0 Å². The van der Waals surface area contributed by atoms with Crippen molar-refractivity contribution in [2.75, 3.05) is 7.05 Å². The highest BCUT2D eigenvalue weighted by atomic mass is 19.1. The van der Waals surface area contributed by atoms with Crippen LogP contribution in [0.5, 0.6) is 11.6 Å². The Morgan fingerprint density at radius 2 is 2.03 bits per heavy atom. The lowest BCUT2D eigenvalue weighted by Gasteiger charge is -2.48. The van der Waals surface area contributed by atoms with Crippen molar-refractivity contribution in [1.82, 2.24) is 30.1 Å². The lowest BCUT2D eigenvalue weighted by molar-refractivity contribution is -0.0640. The minimum atomic E-state index is -1.04. The molecule has 9 heteroatoms. The summed E-state index contributed by atoms with van der Waals surface area (Å²) < 4.78 is 20.9. The topological polar surface area (TPSA) is 89.2 Å². The van der Waals surface area contributed by atoms with Crippen LogP contribution in [0, 0.1) is 6.92 Å². The van der Waals surface area contributed by atoms with Gasteiger partial charge in [-0.2, -0.15) is 15.0 Å². The molecule has 5 rings (SSSR count). The molecule has 2 bridgehead atoms. The molecular formula is C22H25FN6O2. The van der Waals surface area contributed by atoms with Crippen molar-refractivity contribution in [3.05, 3.63) is 42.2 Å². The van der Waals surface area contributed by atoms with E-state index in [1.54, 1.807) is 36.5 Å². The van der Waals surface area contributed by atoms with Crippen LogP contribution in [-0.2, 0) is 0 Å². The van der Waals surface area contributed by atoms with Gasteiger partial charge in [0.1, 0.15) is 11.9 Å². The van der Waals surface area contributed by atoms with Gasteiger partial charge in [-0.25, -0.2) is 4.39 Å². The highest BCUT2D eigenvalue weighted by Crippen LogP contribution is 2.36. The van der Waals surface area contributed by atoms with Gasteiger partial charge in [0, 0.05) is 36.2 Å². The number of piperidine rings is 2. The first kappa shape index (κ1) is 19.9. The Hall–Kier alpha value is -3.07. The number of halogens is 1. The minimum Gasteiger partial charge on any atom is -0.507 e. The van der Waals surface area contributed by atoms with Gasteiger partial charge in [-0.15, -0.1) is 10.2 Å². The number of aryl methyl sites for hydroxylation is 1. The number of phenolic OH excluding ortho intramolecular Hbond substituents is 1. The zero-order valence-electron chi connectivity index (χ0n) is 17.5. The van der Waals surface area contributed by atoms with Crippen LogP contribution in [0.25, 0.3) is 16.9 Å². The van der Waals surface area contributed by atoms with Crippen molar-refractivity contribution in [3.8, 4) is 28.6 Å². The first-order valence-corrected chi connectivity index (χ1v) is 10.6. The lowest BCUT2D eigenvalue weighted by Crippen LogP contribution is -2.59. The molecule has 2 fully saturated rings. The number of ether oxygens (including phenoxy) is 1. The van der Waals surface area contributed by atoms with E-state index in [9.17, 15) is 9.50 Å². The van der Waals surface area contributed by atoms with Crippen LogP contribution in [0.1, 0.15) is 31.4 Å². The van der Waals surface area contributed by atoms with Crippen molar-refractivity contribution in [2.45, 2.75) is 57.0 Å². The second kappa shape index (κ2) is 7.88. The summed E-state index contributed by atoms with van der Waals surface area (Å²) in [5, 5.41) is 27.2. The maximum Gasteiger partial charge on any atom is 0.233 e. The van der Waals surface area contributed by atoms with Crippen molar-refractivity contribution >= 4 is 0 Å². The van der Waals surface area contributed by atoms with Crippen LogP contribution in [0.4, 0.5) is 4.39 Å². The molecule has 4 heterocycles. The Balaban J connectivity index is 1.31. The lowest BCUT2D eigenvalue weighted by atomic mass is 9.82. The molecule has 2 aromatic heterocycles. The Morgan fingerprint density at radius 3 is 2.74 bits per heavy atom. The maximum absolute atomic E-state index is 15.0. The van der Waals surface area contributed by atoms with E-state index in [-0.39, 0.29) is 11.8 Å². The summed E-state index contributed by atoms with van der Waals surface area (Å²) in [5.41, 5.74) is 2.46. The van der Waals surface area contributed by atoms with Gasteiger partial charge in [0.25, 0.3) is 0 Å². The third kappa shape index (κ3) is 3.74. The maximum atomic E-state index is 15.0. The normalized spacial score (nSPS) is 26.0. The Labute approximate surface area is 179 Å². The van der Waals surface area contributed by atoms with Crippen LogP contribution in [0.2, 0.25) is 0 Å². The van der Waals surface area contributed by atoms with Crippen molar-refractivity contribution in [2.24, 2.45) is 0 Å². The van der Waals surface area contributed by atoms with Gasteiger partial charge in [0.2, 0.25) is 5.88 Å². The molecule has 0 saturated carbocycles. The van der Waals surface area contributed by atoms with Gasteiger partial charge in [-0.05, 0) is 45.0 Å². The highest BCUT2D eigenvalue weighted by molar-refractivity contribution is 5.68. The second-order valence-electron chi connectivity index (χ2n) is 8.39. The number of nitrogens with zero attached hydrogens (tertiary/aromatic N) is 6. The Morgan fingerprint density at radius 1 is 1.16 bits per heavy atom. The average Bonchev–Trinajstić information content (AvgIpc) is 3.20. The standard InChI is InChI=1S/C22H25FN6O2/c1-13-12-24-29(27-13)15-6-7-16(19(30)10-15)17-8-9-21(26-25-17)31-20-11-14-4-3-5-18(22(20)23)28(14)2/h6-10,12,14,18,20,22,30H,3-5,11H2,1-2H3/t14?,18?,20-,22+/m1/s1. The number of alkyl halides is 1. The number of hydrogen-bond acceptors (Lipinski definition) is 7. The van der Waals surface area contributed by atoms with Gasteiger partial charge >= 0.3 is 0 Å². The van der Waals surface area contributed by atoms with Gasteiger partial charge in [0.15, 0.2) is 6.17 Å². The number of benzene rings is 1. The number of fused-ring (bicyclic) bond motifs is 2. The van der Waals surface area contributed by atoms with Gasteiger partial charge in [-0.1, -0.05) is 6.42 Å². The summed E-state index contributed by atoms with van der Waals surface area (Å²) in [6, 6.07) is 8.77. The molecule has 2 aliphatic heterocycles. The smallest absolute Gasteiger partial charge is 0.233 e. The monoisotopic (exact) mass is 424 g/mol. The van der Waals surface area contributed by atoms with E-state index >= 15 is 0 Å². The van der Waals surface area contributed by atoms with E-state index in [4.69, 9.17) is 4.74 Å². The van der Waals surface area contributed by atoms with E-state index in [2.05, 4.69) is 25.3 Å². The molecule has 8 nitrogen and oxygen atoms in total. The SMILES string of the molecule is Cc1cnn(-c2ccc(-c3ccc(O[C@@H]4CC5CCCC([C@@H]4F)N5C)nn3)c(O)c2)n1. The van der Waals surface area contributed by atoms with Crippen molar-refractivity contribution < 1.29 is 14.2 Å². The van der Waals surface area contributed by atoms with E-state index in [0.29, 0.717) is 35.3 Å². The third-order valence-corrected chi connectivity index (χ3v) is 6.37. The van der Waals surface area contributed by atoms with E-state index < -0.39 is 12.3 Å². The molecule has 2 aliphatic rings. The predicted molar refractivity (Wildman–Crippen MR) is 112 cm³/mol. The summed E-state index contributed by atoms with van der Waals surface area (Å²) in [7, 11) is 2.01. The quantitative estimate of drug-likeness (QED) is 0.688. The van der Waals surface area contributed by atoms with Crippen LogP contribution >= 0.6 is 0 Å². The van der Waals surface area contributed by atoms with Crippen LogP contribution in [-0.4, -0.2) is 66.6 Å². The summed E-state index contributed by atoms with van der Waals surface area (Å²) in [6.45, 7) is 1.85.